The Bertz CT molecular complexity index is 649. The summed E-state index contributed by atoms with van der Waals surface area (Å²) in [6.45, 7) is 0.391. The van der Waals surface area contributed by atoms with Gasteiger partial charge >= 0.3 is 5.97 Å². The van der Waals surface area contributed by atoms with Crippen molar-refractivity contribution < 1.29 is 14.3 Å². The van der Waals surface area contributed by atoms with Gasteiger partial charge in [0.15, 0.2) is 0 Å². The lowest BCUT2D eigenvalue weighted by Crippen LogP contribution is -2.29. The number of halogens is 1. The fraction of sp³-hybridized carbons (Fsp3) is 0.250. The average Bonchev–Trinajstić information content (AvgIpc) is 2.56. The van der Waals surface area contributed by atoms with E-state index in [4.69, 9.17) is 21.1 Å². The van der Waals surface area contributed by atoms with Crippen LogP contribution in [0, 0.1) is 0 Å². The van der Waals surface area contributed by atoms with E-state index in [1.807, 2.05) is 24.3 Å². The Kier molecular flexibility index (Phi) is 5.75. The number of hydrogen-bond acceptors (Lipinski definition) is 5. The fourth-order valence-corrected chi connectivity index (χ4v) is 2.35. The third kappa shape index (κ3) is 3.75. The molecule has 0 aliphatic heterocycles. The molecule has 1 aromatic heterocycles. The van der Waals surface area contributed by atoms with Crippen molar-refractivity contribution in [3.05, 3.63) is 58.7 Å². The van der Waals surface area contributed by atoms with E-state index in [9.17, 15) is 4.79 Å². The normalized spacial score (nSPS) is 11.8. The van der Waals surface area contributed by atoms with E-state index in [0.29, 0.717) is 23.0 Å². The molecule has 22 heavy (non-hydrogen) atoms. The van der Waals surface area contributed by atoms with E-state index >= 15 is 0 Å². The minimum atomic E-state index is -0.663. The Labute approximate surface area is 134 Å². The first-order valence-electron chi connectivity index (χ1n) is 6.71. The van der Waals surface area contributed by atoms with E-state index < -0.39 is 12.0 Å². The first-order valence-corrected chi connectivity index (χ1v) is 7.08. The molecule has 0 bridgehead atoms. The second-order valence-corrected chi connectivity index (χ2v) is 4.94. The molecule has 0 saturated carbocycles. The Morgan fingerprint density at radius 1 is 1.27 bits per heavy atom. The molecule has 1 N–H and O–H groups in total. The van der Waals surface area contributed by atoms with E-state index in [2.05, 4.69) is 10.3 Å². The molecule has 0 saturated heterocycles. The van der Waals surface area contributed by atoms with Crippen molar-refractivity contribution in [2.24, 2.45) is 0 Å². The molecule has 1 heterocycles. The van der Waals surface area contributed by atoms with E-state index in [0.717, 1.165) is 5.56 Å². The zero-order valence-corrected chi connectivity index (χ0v) is 13.1. The molecule has 0 radical (unpaired) electrons. The Hall–Kier alpha value is -2.11. The smallest absolute Gasteiger partial charge is 0.327 e. The minimum absolute atomic E-state index is 0.391. The first kappa shape index (κ1) is 16.3. The van der Waals surface area contributed by atoms with Gasteiger partial charge in [-0.3, -0.25) is 5.32 Å². The summed E-state index contributed by atoms with van der Waals surface area (Å²) in [7, 11) is 2.90. The molecule has 1 atom stereocenters. The monoisotopic (exact) mass is 320 g/mol. The maximum Gasteiger partial charge on any atom is 0.327 e. The van der Waals surface area contributed by atoms with Crippen molar-refractivity contribution in [1.29, 1.82) is 0 Å². The molecule has 1 aromatic carbocycles. The molecule has 0 unspecified atom stereocenters. The maximum absolute atomic E-state index is 12.1. The zero-order valence-electron chi connectivity index (χ0n) is 12.4. The highest BCUT2D eigenvalue weighted by atomic mass is 35.5. The van der Waals surface area contributed by atoms with Crippen LogP contribution in [0.4, 0.5) is 0 Å². The summed E-state index contributed by atoms with van der Waals surface area (Å²) in [4.78, 5) is 16.2. The molecule has 6 heteroatoms. The summed E-state index contributed by atoms with van der Waals surface area (Å²) in [6, 6.07) is 10.2. The highest BCUT2D eigenvalue weighted by molar-refractivity contribution is 6.31. The number of benzene rings is 1. The molecule has 5 nitrogen and oxygen atoms in total. The Morgan fingerprint density at radius 2 is 2.05 bits per heavy atom. The maximum atomic E-state index is 12.1. The Balaban J connectivity index is 2.21. The number of esters is 1. The SMILES string of the molecule is COC(=O)[C@H](NCc1cccnc1OC)c1ccccc1Cl. The second kappa shape index (κ2) is 7.77. The van der Waals surface area contributed by atoms with Gasteiger partial charge in [-0.05, 0) is 17.7 Å². The molecular weight excluding hydrogens is 304 g/mol. The van der Waals surface area contributed by atoms with Gasteiger partial charge in [-0.2, -0.15) is 0 Å². The minimum Gasteiger partial charge on any atom is -0.481 e. The molecule has 2 rings (SSSR count). The number of methoxy groups -OCH3 is 2. The number of hydrogen-bond donors (Lipinski definition) is 1. The van der Waals surface area contributed by atoms with Crippen molar-refractivity contribution in [2.75, 3.05) is 14.2 Å². The van der Waals surface area contributed by atoms with Gasteiger partial charge in [0.2, 0.25) is 5.88 Å². The van der Waals surface area contributed by atoms with E-state index in [1.165, 1.54) is 7.11 Å². The van der Waals surface area contributed by atoms with Crippen LogP contribution in [0.5, 0.6) is 5.88 Å². The molecule has 0 amide bonds. The van der Waals surface area contributed by atoms with Gasteiger partial charge in [-0.15, -0.1) is 0 Å². The summed E-state index contributed by atoms with van der Waals surface area (Å²) in [6.07, 6.45) is 1.65. The lowest BCUT2D eigenvalue weighted by Gasteiger charge is -2.18. The predicted octanol–water partition coefficient (Wildman–Crippen LogP) is 2.75. The number of rotatable bonds is 6. The third-order valence-corrected chi connectivity index (χ3v) is 3.54. The molecular formula is C16H17ClN2O3. The summed E-state index contributed by atoms with van der Waals surface area (Å²) < 4.78 is 10.1. The summed E-state index contributed by atoms with van der Waals surface area (Å²) in [5.41, 5.74) is 1.50. The van der Waals surface area contributed by atoms with Gasteiger partial charge in [0.05, 0.1) is 14.2 Å². The van der Waals surface area contributed by atoms with Crippen molar-refractivity contribution in [2.45, 2.75) is 12.6 Å². The Morgan fingerprint density at radius 3 is 2.73 bits per heavy atom. The van der Waals surface area contributed by atoms with Crippen molar-refractivity contribution in [3.8, 4) is 5.88 Å². The van der Waals surface area contributed by atoms with Gasteiger partial charge in [0, 0.05) is 23.3 Å². The number of pyridine rings is 1. The highest BCUT2D eigenvalue weighted by Crippen LogP contribution is 2.24. The quantitative estimate of drug-likeness (QED) is 0.829. The van der Waals surface area contributed by atoms with Crippen LogP contribution in [0.15, 0.2) is 42.6 Å². The van der Waals surface area contributed by atoms with E-state index in [1.54, 1.807) is 25.4 Å². The molecule has 2 aromatic rings. The number of nitrogens with zero attached hydrogens (tertiary/aromatic N) is 1. The summed E-state index contributed by atoms with van der Waals surface area (Å²) >= 11 is 6.18. The number of aromatic nitrogens is 1. The molecule has 116 valence electrons. The van der Waals surface area contributed by atoms with Crippen LogP contribution in [0.2, 0.25) is 5.02 Å². The largest absolute Gasteiger partial charge is 0.481 e. The predicted molar refractivity (Wildman–Crippen MR) is 83.8 cm³/mol. The zero-order chi connectivity index (χ0) is 15.9. The van der Waals surface area contributed by atoms with Crippen LogP contribution in [-0.4, -0.2) is 25.2 Å². The van der Waals surface area contributed by atoms with Crippen molar-refractivity contribution in [1.82, 2.24) is 10.3 Å². The summed E-state index contributed by atoms with van der Waals surface area (Å²) in [5, 5.41) is 3.64. The van der Waals surface area contributed by atoms with Crippen LogP contribution in [0.25, 0.3) is 0 Å². The lowest BCUT2D eigenvalue weighted by molar-refractivity contribution is -0.143. The van der Waals surface area contributed by atoms with E-state index in [-0.39, 0.29) is 0 Å². The van der Waals surface area contributed by atoms with Gasteiger partial charge in [0.1, 0.15) is 6.04 Å². The third-order valence-electron chi connectivity index (χ3n) is 3.19. The van der Waals surface area contributed by atoms with Gasteiger partial charge in [0.25, 0.3) is 0 Å². The average molecular weight is 321 g/mol. The van der Waals surface area contributed by atoms with Crippen LogP contribution in [0.1, 0.15) is 17.2 Å². The van der Waals surface area contributed by atoms with Crippen molar-refractivity contribution >= 4 is 17.6 Å². The van der Waals surface area contributed by atoms with Crippen LogP contribution < -0.4 is 10.1 Å². The van der Waals surface area contributed by atoms with Crippen LogP contribution >= 0.6 is 11.6 Å². The van der Waals surface area contributed by atoms with Gasteiger partial charge in [-0.1, -0.05) is 35.9 Å². The second-order valence-electron chi connectivity index (χ2n) is 4.53. The molecule has 0 aliphatic carbocycles. The van der Waals surface area contributed by atoms with Gasteiger partial charge in [-0.25, -0.2) is 9.78 Å². The van der Waals surface area contributed by atoms with Crippen LogP contribution in [-0.2, 0) is 16.1 Å². The number of nitrogens with one attached hydrogen (secondary N) is 1. The number of ether oxygens (including phenoxy) is 2. The topological polar surface area (TPSA) is 60.5 Å². The fourth-order valence-electron chi connectivity index (χ4n) is 2.10. The molecule has 0 spiro atoms. The standard InChI is InChI=1S/C16H17ClN2O3/c1-21-15-11(6-5-9-18-15)10-19-14(16(20)22-2)12-7-3-4-8-13(12)17/h3-9,14,19H,10H2,1-2H3/t14-/m1/s1. The summed E-state index contributed by atoms with van der Waals surface area (Å²) in [5.74, 6) is 0.105. The lowest BCUT2D eigenvalue weighted by atomic mass is 10.1. The molecule has 0 fully saturated rings. The highest BCUT2D eigenvalue weighted by Gasteiger charge is 2.23. The first-order chi connectivity index (χ1) is 10.7. The van der Waals surface area contributed by atoms with Crippen molar-refractivity contribution in [3.63, 3.8) is 0 Å². The molecule has 0 aliphatic rings. The number of carbonyl (C=O) groups is 1. The number of carbonyl (C=O) groups excluding carboxylic acids is 1. The van der Waals surface area contributed by atoms with Gasteiger partial charge < -0.3 is 9.47 Å². The van der Waals surface area contributed by atoms with Crippen LogP contribution in [0.3, 0.4) is 0 Å².